The van der Waals surface area contributed by atoms with Crippen molar-refractivity contribution in [3.8, 4) is 0 Å². The van der Waals surface area contributed by atoms with Crippen LogP contribution in [0.5, 0.6) is 0 Å². The maximum atomic E-state index is 12.3. The van der Waals surface area contributed by atoms with Gasteiger partial charge in [-0.2, -0.15) is 13.2 Å². The van der Waals surface area contributed by atoms with Gasteiger partial charge in [0.05, 0.1) is 5.41 Å². The van der Waals surface area contributed by atoms with Gasteiger partial charge in [-0.15, -0.1) is 0 Å². The Kier molecular flexibility index (Phi) is 3.19. The molecule has 1 N–H and O–H groups in total. The molecule has 0 spiro atoms. The number of carbonyl (C=O) groups excluding carboxylic acids is 1. The molecule has 0 aromatic carbocycles. The molecular formula is C9H13F3O2. The predicted molar refractivity (Wildman–Crippen MR) is 43.6 cm³/mol. The Hall–Kier alpha value is -0.580. The number of rotatable bonds is 2. The molecule has 0 heterocycles. The molecule has 0 bridgehead atoms. The van der Waals surface area contributed by atoms with Gasteiger partial charge in [-0.1, -0.05) is 19.3 Å². The second-order valence-electron chi connectivity index (χ2n) is 3.86. The summed E-state index contributed by atoms with van der Waals surface area (Å²) in [4.78, 5) is 10.7. The highest BCUT2D eigenvalue weighted by Gasteiger charge is 2.52. The summed E-state index contributed by atoms with van der Waals surface area (Å²) >= 11 is 0. The molecule has 0 aliphatic heterocycles. The summed E-state index contributed by atoms with van der Waals surface area (Å²) in [6.45, 7) is 0. The highest BCUT2D eigenvalue weighted by atomic mass is 19.4. The lowest BCUT2D eigenvalue weighted by Crippen LogP contribution is -2.47. The predicted octanol–water partition coefficient (Wildman–Crippen LogP) is 2.06. The standard InChI is InChI=1S/C9H13F3O2/c10-9(11,12)7(14)8(6-13)4-2-1-3-5-8/h6-7,14H,1-5H2. The number of aliphatic hydroxyl groups excluding tert-OH is 1. The topological polar surface area (TPSA) is 37.3 Å². The van der Waals surface area contributed by atoms with E-state index in [1.54, 1.807) is 0 Å². The summed E-state index contributed by atoms with van der Waals surface area (Å²) in [7, 11) is 0. The van der Waals surface area contributed by atoms with E-state index >= 15 is 0 Å². The maximum Gasteiger partial charge on any atom is 0.415 e. The lowest BCUT2D eigenvalue weighted by Gasteiger charge is -2.36. The molecule has 5 heteroatoms. The molecule has 1 aliphatic rings. The molecule has 14 heavy (non-hydrogen) atoms. The minimum atomic E-state index is -4.70. The zero-order valence-electron chi connectivity index (χ0n) is 7.68. The average Bonchev–Trinajstić information content (AvgIpc) is 2.16. The van der Waals surface area contributed by atoms with Crippen molar-refractivity contribution in [2.24, 2.45) is 5.41 Å². The van der Waals surface area contributed by atoms with Crippen molar-refractivity contribution < 1.29 is 23.1 Å². The lowest BCUT2D eigenvalue weighted by molar-refractivity contribution is -0.238. The third-order valence-electron chi connectivity index (χ3n) is 2.87. The minimum absolute atomic E-state index is 0.136. The van der Waals surface area contributed by atoms with Crippen LogP contribution in [0.4, 0.5) is 13.2 Å². The van der Waals surface area contributed by atoms with E-state index in [9.17, 15) is 18.0 Å². The maximum absolute atomic E-state index is 12.3. The van der Waals surface area contributed by atoms with Crippen LogP contribution in [0, 0.1) is 5.41 Å². The van der Waals surface area contributed by atoms with Crippen molar-refractivity contribution in [2.75, 3.05) is 0 Å². The molecular weight excluding hydrogens is 197 g/mol. The summed E-state index contributed by atoms with van der Waals surface area (Å²) in [5.41, 5.74) is -1.59. The normalized spacial score (nSPS) is 24.3. The van der Waals surface area contributed by atoms with Gasteiger partial charge in [0, 0.05) is 0 Å². The number of hydrogen-bond acceptors (Lipinski definition) is 2. The molecule has 1 aliphatic carbocycles. The van der Waals surface area contributed by atoms with Crippen molar-refractivity contribution in [1.82, 2.24) is 0 Å². The van der Waals surface area contributed by atoms with Gasteiger partial charge in [-0.25, -0.2) is 0 Å². The number of halogens is 3. The van der Waals surface area contributed by atoms with Gasteiger partial charge in [0.15, 0.2) is 6.10 Å². The molecule has 2 nitrogen and oxygen atoms in total. The number of aldehydes is 1. The summed E-state index contributed by atoms with van der Waals surface area (Å²) in [5.74, 6) is 0. The van der Waals surface area contributed by atoms with Gasteiger partial charge in [0.2, 0.25) is 0 Å². The van der Waals surface area contributed by atoms with Crippen molar-refractivity contribution in [1.29, 1.82) is 0 Å². The first-order valence-corrected chi connectivity index (χ1v) is 4.63. The highest BCUT2D eigenvalue weighted by molar-refractivity contribution is 5.61. The molecule has 1 unspecified atom stereocenters. The molecule has 0 amide bonds. The highest BCUT2D eigenvalue weighted by Crippen LogP contribution is 2.43. The van der Waals surface area contributed by atoms with E-state index in [0.29, 0.717) is 12.8 Å². The molecule has 82 valence electrons. The Morgan fingerprint density at radius 2 is 1.71 bits per heavy atom. The largest absolute Gasteiger partial charge is 0.415 e. The van der Waals surface area contributed by atoms with Crippen molar-refractivity contribution in [3.63, 3.8) is 0 Å². The molecule has 1 saturated carbocycles. The fourth-order valence-corrected chi connectivity index (χ4v) is 1.99. The van der Waals surface area contributed by atoms with Crippen LogP contribution in [-0.2, 0) is 4.79 Å². The Labute approximate surface area is 80.1 Å². The van der Waals surface area contributed by atoms with E-state index in [4.69, 9.17) is 5.11 Å². The molecule has 1 fully saturated rings. The Bertz CT molecular complexity index is 207. The Morgan fingerprint density at radius 3 is 2.07 bits per heavy atom. The fourth-order valence-electron chi connectivity index (χ4n) is 1.99. The van der Waals surface area contributed by atoms with Crippen LogP contribution in [0.15, 0.2) is 0 Å². The van der Waals surface area contributed by atoms with Crippen LogP contribution >= 0.6 is 0 Å². The fraction of sp³-hybridized carbons (Fsp3) is 0.889. The third-order valence-corrected chi connectivity index (χ3v) is 2.87. The molecule has 0 aromatic rings. The zero-order chi connectivity index (χ0) is 10.8. The molecule has 1 rings (SSSR count). The van der Waals surface area contributed by atoms with Gasteiger partial charge in [0.1, 0.15) is 6.29 Å². The lowest BCUT2D eigenvalue weighted by atomic mass is 9.71. The van der Waals surface area contributed by atoms with Gasteiger partial charge in [-0.3, -0.25) is 0 Å². The summed E-state index contributed by atoms with van der Waals surface area (Å²) in [5, 5.41) is 9.10. The Balaban J connectivity index is 2.82. The van der Waals surface area contributed by atoms with E-state index in [2.05, 4.69) is 0 Å². The second-order valence-corrected chi connectivity index (χ2v) is 3.86. The summed E-state index contributed by atoms with van der Waals surface area (Å²) in [6, 6.07) is 0. The smallest absolute Gasteiger partial charge is 0.383 e. The van der Waals surface area contributed by atoms with E-state index in [1.165, 1.54) is 0 Å². The van der Waals surface area contributed by atoms with Crippen LogP contribution < -0.4 is 0 Å². The first kappa shape index (κ1) is 11.5. The van der Waals surface area contributed by atoms with Gasteiger partial charge in [0.25, 0.3) is 0 Å². The van der Waals surface area contributed by atoms with E-state index in [-0.39, 0.29) is 19.1 Å². The zero-order valence-corrected chi connectivity index (χ0v) is 7.68. The minimum Gasteiger partial charge on any atom is -0.383 e. The van der Waals surface area contributed by atoms with Crippen molar-refractivity contribution in [2.45, 2.75) is 44.4 Å². The first-order chi connectivity index (χ1) is 6.42. The Morgan fingerprint density at radius 1 is 1.21 bits per heavy atom. The third kappa shape index (κ3) is 2.08. The van der Waals surface area contributed by atoms with Gasteiger partial charge in [-0.05, 0) is 12.8 Å². The molecule has 0 radical (unpaired) electrons. The molecule has 1 atom stereocenters. The quantitative estimate of drug-likeness (QED) is 0.708. The second kappa shape index (κ2) is 3.88. The van der Waals surface area contributed by atoms with Gasteiger partial charge < -0.3 is 9.90 Å². The average molecular weight is 210 g/mol. The van der Waals surface area contributed by atoms with Crippen LogP contribution in [0.2, 0.25) is 0 Å². The van der Waals surface area contributed by atoms with Crippen LogP contribution in [0.25, 0.3) is 0 Å². The van der Waals surface area contributed by atoms with Crippen molar-refractivity contribution >= 4 is 6.29 Å². The van der Waals surface area contributed by atoms with E-state index < -0.39 is 17.7 Å². The van der Waals surface area contributed by atoms with Crippen molar-refractivity contribution in [3.05, 3.63) is 0 Å². The van der Waals surface area contributed by atoms with Crippen LogP contribution in [0.3, 0.4) is 0 Å². The van der Waals surface area contributed by atoms with Gasteiger partial charge >= 0.3 is 6.18 Å². The van der Waals surface area contributed by atoms with E-state index in [1.807, 2.05) is 0 Å². The molecule has 0 aromatic heterocycles. The van der Waals surface area contributed by atoms with Crippen LogP contribution in [-0.4, -0.2) is 23.7 Å². The number of alkyl halides is 3. The first-order valence-electron chi connectivity index (χ1n) is 4.63. The number of carbonyl (C=O) groups is 1. The SMILES string of the molecule is O=CC1(C(O)C(F)(F)F)CCCCC1. The number of aliphatic hydroxyl groups is 1. The molecule has 0 saturated heterocycles. The summed E-state index contributed by atoms with van der Waals surface area (Å²) in [6.07, 6.45) is -4.66. The monoisotopic (exact) mass is 210 g/mol. The van der Waals surface area contributed by atoms with E-state index in [0.717, 1.165) is 6.42 Å². The van der Waals surface area contributed by atoms with Crippen LogP contribution in [0.1, 0.15) is 32.1 Å². The summed E-state index contributed by atoms with van der Waals surface area (Å²) < 4.78 is 36.8. The number of hydrogen-bond donors (Lipinski definition) is 1.